The second-order valence-electron chi connectivity index (χ2n) is 8.19. The third-order valence-corrected chi connectivity index (χ3v) is 6.76. The number of rotatable bonds is 6. The normalized spacial score (nSPS) is 14.3. The number of amidine groups is 1. The maximum Gasteiger partial charge on any atom is 0.257 e. The number of carbonyl (C=O) groups is 1. The highest BCUT2D eigenvalue weighted by atomic mass is 32.1. The molecule has 0 bridgehead atoms. The van der Waals surface area contributed by atoms with Crippen molar-refractivity contribution in [3.8, 4) is 11.1 Å². The van der Waals surface area contributed by atoms with Gasteiger partial charge in [-0.1, -0.05) is 24.3 Å². The molecule has 0 fully saturated rings. The number of fused-ring (bicyclic) bond motifs is 1. The summed E-state index contributed by atoms with van der Waals surface area (Å²) in [6.45, 7) is 0. The third-order valence-electron chi connectivity index (χ3n) is 5.79. The molecule has 1 aliphatic heterocycles. The van der Waals surface area contributed by atoms with E-state index < -0.39 is 0 Å². The second-order valence-corrected chi connectivity index (χ2v) is 9.14. The quantitative estimate of drug-likeness (QED) is 0.241. The molecule has 5 aromatic rings. The monoisotopic (exact) mass is 491 g/mol. The van der Waals surface area contributed by atoms with Crippen LogP contribution in [0.5, 0.6) is 0 Å². The Morgan fingerprint density at radius 2 is 1.83 bits per heavy atom. The van der Waals surface area contributed by atoms with Crippen molar-refractivity contribution in [2.24, 2.45) is 4.99 Å². The first kappa shape index (κ1) is 21.8. The number of aliphatic imine (C=N–C) groups is 1. The highest BCUT2D eigenvalue weighted by Gasteiger charge is 2.24. The Balaban J connectivity index is 1.24. The van der Waals surface area contributed by atoms with Crippen LogP contribution in [0.1, 0.15) is 27.0 Å². The molecular weight excluding hydrogens is 470 g/mol. The molecule has 0 aliphatic carbocycles. The van der Waals surface area contributed by atoms with Crippen LogP contribution >= 0.6 is 11.3 Å². The summed E-state index contributed by atoms with van der Waals surface area (Å²) in [4.78, 5) is 22.7. The topological polar surface area (TPSA) is 107 Å². The highest BCUT2D eigenvalue weighted by Crippen LogP contribution is 2.36. The summed E-state index contributed by atoms with van der Waals surface area (Å²) in [5.41, 5.74) is 6.17. The Morgan fingerprint density at radius 3 is 2.64 bits per heavy atom. The van der Waals surface area contributed by atoms with E-state index in [9.17, 15) is 4.79 Å². The number of aromatic nitrogens is 3. The maximum atomic E-state index is 12.6. The second kappa shape index (κ2) is 9.47. The van der Waals surface area contributed by atoms with Gasteiger partial charge in [0.25, 0.3) is 5.91 Å². The van der Waals surface area contributed by atoms with Crippen molar-refractivity contribution in [2.75, 3.05) is 16.0 Å². The van der Waals surface area contributed by atoms with Gasteiger partial charge < -0.3 is 16.0 Å². The number of nitrogens with zero attached hydrogens (tertiary/aromatic N) is 3. The van der Waals surface area contributed by atoms with Crippen LogP contribution in [0, 0.1) is 0 Å². The predicted octanol–water partition coefficient (Wildman–Crippen LogP) is 5.77. The minimum absolute atomic E-state index is 0.211. The van der Waals surface area contributed by atoms with Crippen molar-refractivity contribution in [3.63, 3.8) is 0 Å². The molecule has 0 saturated heterocycles. The minimum Gasteiger partial charge on any atom is -0.359 e. The van der Waals surface area contributed by atoms with Gasteiger partial charge in [-0.15, -0.1) is 11.3 Å². The van der Waals surface area contributed by atoms with E-state index in [1.807, 2.05) is 42.6 Å². The van der Waals surface area contributed by atoms with Crippen molar-refractivity contribution < 1.29 is 4.79 Å². The molecule has 1 unspecified atom stereocenters. The van der Waals surface area contributed by atoms with Crippen LogP contribution in [0.2, 0.25) is 0 Å². The molecule has 0 radical (unpaired) electrons. The predicted molar refractivity (Wildman–Crippen MR) is 143 cm³/mol. The van der Waals surface area contributed by atoms with Gasteiger partial charge in [0.2, 0.25) is 0 Å². The van der Waals surface area contributed by atoms with Gasteiger partial charge in [-0.2, -0.15) is 5.10 Å². The van der Waals surface area contributed by atoms with Crippen LogP contribution in [0.3, 0.4) is 0 Å². The largest absolute Gasteiger partial charge is 0.359 e. The average Bonchev–Trinajstić information content (AvgIpc) is 3.63. The van der Waals surface area contributed by atoms with Crippen molar-refractivity contribution >= 4 is 40.1 Å². The summed E-state index contributed by atoms with van der Waals surface area (Å²) < 4.78 is 0. The fraction of sp³-hybridized carbons (Fsp3) is 0.0370. The average molecular weight is 492 g/mol. The van der Waals surface area contributed by atoms with Gasteiger partial charge in [-0.3, -0.25) is 14.9 Å². The molecular formula is C27H21N7OS. The summed E-state index contributed by atoms with van der Waals surface area (Å²) in [5, 5.41) is 18.8. The highest BCUT2D eigenvalue weighted by molar-refractivity contribution is 7.10. The van der Waals surface area contributed by atoms with Crippen LogP contribution in [0.25, 0.3) is 11.1 Å². The van der Waals surface area contributed by atoms with Gasteiger partial charge in [0, 0.05) is 41.1 Å². The number of thiophene rings is 1. The molecule has 1 amide bonds. The molecule has 176 valence electrons. The van der Waals surface area contributed by atoms with Crippen LogP contribution in [0.4, 0.5) is 17.1 Å². The number of aromatic amines is 1. The molecule has 4 heterocycles. The van der Waals surface area contributed by atoms with Gasteiger partial charge in [0.05, 0.1) is 22.3 Å². The fourth-order valence-corrected chi connectivity index (χ4v) is 4.84. The van der Waals surface area contributed by atoms with Crippen molar-refractivity contribution in [3.05, 3.63) is 113 Å². The lowest BCUT2D eigenvalue weighted by Gasteiger charge is -2.24. The summed E-state index contributed by atoms with van der Waals surface area (Å²) in [7, 11) is 0. The first-order valence-electron chi connectivity index (χ1n) is 11.3. The molecule has 0 saturated carbocycles. The molecule has 1 aliphatic rings. The summed E-state index contributed by atoms with van der Waals surface area (Å²) in [6.07, 6.45) is 6.61. The third kappa shape index (κ3) is 4.47. The number of nitrogens with one attached hydrogen (secondary N) is 4. The fourth-order valence-electron chi connectivity index (χ4n) is 4.00. The first-order valence-corrected chi connectivity index (χ1v) is 12.2. The number of hydrogen-bond acceptors (Lipinski definition) is 7. The molecule has 6 rings (SSSR count). The van der Waals surface area contributed by atoms with Gasteiger partial charge >= 0.3 is 0 Å². The number of hydrogen-bond donors (Lipinski definition) is 4. The molecule has 2 aromatic carbocycles. The molecule has 36 heavy (non-hydrogen) atoms. The van der Waals surface area contributed by atoms with E-state index in [1.165, 1.54) is 0 Å². The van der Waals surface area contributed by atoms with Gasteiger partial charge in [0.1, 0.15) is 5.84 Å². The van der Waals surface area contributed by atoms with E-state index in [0.717, 1.165) is 38.8 Å². The van der Waals surface area contributed by atoms with Crippen molar-refractivity contribution in [1.29, 1.82) is 0 Å². The van der Waals surface area contributed by atoms with Gasteiger partial charge in [-0.25, -0.2) is 4.99 Å². The Hall–Kier alpha value is -4.76. The molecule has 8 nitrogen and oxygen atoms in total. The lowest BCUT2D eigenvalue weighted by molar-refractivity contribution is 0.102. The number of benzene rings is 2. The van der Waals surface area contributed by atoms with Crippen LogP contribution in [0.15, 0.2) is 102 Å². The van der Waals surface area contributed by atoms with Crippen LogP contribution in [-0.2, 0) is 0 Å². The summed E-state index contributed by atoms with van der Waals surface area (Å²) >= 11 is 1.65. The van der Waals surface area contributed by atoms with Crippen molar-refractivity contribution in [2.45, 2.75) is 6.17 Å². The zero-order chi connectivity index (χ0) is 24.3. The lowest BCUT2D eigenvalue weighted by Crippen LogP contribution is -2.23. The zero-order valence-corrected chi connectivity index (χ0v) is 19.8. The Labute approximate surface area is 211 Å². The summed E-state index contributed by atoms with van der Waals surface area (Å²) in [6, 6.07) is 21.4. The van der Waals surface area contributed by atoms with Gasteiger partial charge in [0.15, 0.2) is 6.17 Å². The molecule has 9 heteroatoms. The van der Waals surface area contributed by atoms with Gasteiger partial charge in [-0.05, 0) is 53.4 Å². The smallest absolute Gasteiger partial charge is 0.257 e. The molecule has 0 spiro atoms. The molecule has 4 N–H and O–H groups in total. The number of pyridine rings is 1. The van der Waals surface area contributed by atoms with Crippen LogP contribution < -0.4 is 16.0 Å². The van der Waals surface area contributed by atoms with Crippen molar-refractivity contribution in [1.82, 2.24) is 15.2 Å². The number of amides is 1. The Morgan fingerprint density at radius 1 is 0.917 bits per heavy atom. The molecule has 1 atom stereocenters. The van der Waals surface area contributed by atoms with E-state index in [-0.39, 0.29) is 12.1 Å². The van der Waals surface area contributed by atoms with E-state index in [1.54, 1.807) is 42.1 Å². The Bertz CT molecular complexity index is 1530. The lowest BCUT2D eigenvalue weighted by atomic mass is 10.1. The Kier molecular flexibility index (Phi) is 5.72. The first-order chi connectivity index (χ1) is 17.7. The number of carbonyl (C=O) groups excluding carboxylic acids is 1. The maximum absolute atomic E-state index is 12.6. The standard InChI is InChI=1S/C27H21N7OS/c35-27(19-4-2-11-28-14-19)32-22-5-1-3-18(13-22)25-33-23-10-12-36-24(23)26(34-25)31-21-8-6-17(7-9-21)20-15-29-30-16-20/h1-16,26,31H,(H,29,30)(H,32,35)(H,33,34). The SMILES string of the molecule is O=C(Nc1cccc(C2=NC(Nc3ccc(-c4cn[nH]c4)cc3)c3sccc3N2)c1)c1cccnc1. The zero-order valence-electron chi connectivity index (χ0n) is 19.0. The minimum atomic E-state index is -0.246. The van der Waals surface area contributed by atoms with E-state index in [4.69, 9.17) is 4.99 Å². The van der Waals surface area contributed by atoms with E-state index in [0.29, 0.717) is 11.3 Å². The number of anilines is 3. The molecule has 3 aromatic heterocycles. The van der Waals surface area contributed by atoms with E-state index in [2.05, 4.69) is 54.7 Å². The van der Waals surface area contributed by atoms with E-state index >= 15 is 0 Å². The number of H-pyrrole nitrogens is 1. The van der Waals surface area contributed by atoms with Crippen LogP contribution in [-0.4, -0.2) is 26.9 Å². The summed E-state index contributed by atoms with van der Waals surface area (Å²) in [5.74, 6) is 0.517.